The predicted molar refractivity (Wildman–Crippen MR) is 222 cm³/mol. The van der Waals surface area contributed by atoms with Gasteiger partial charge in [-0.05, 0) is 57.8 Å². The molecule has 3 N–H and O–H groups in total. The number of amides is 1. The smallest absolute Gasteiger partial charge is 0.306 e. The lowest BCUT2D eigenvalue weighted by Crippen LogP contribution is -2.46. The van der Waals surface area contributed by atoms with Crippen molar-refractivity contribution in [2.75, 3.05) is 6.61 Å². The molecule has 298 valence electrons. The summed E-state index contributed by atoms with van der Waals surface area (Å²) in [5.41, 5.74) is 0. The number of ether oxygens (including phenoxy) is 1. The van der Waals surface area contributed by atoms with Gasteiger partial charge in [-0.25, -0.2) is 0 Å². The van der Waals surface area contributed by atoms with E-state index in [0.717, 1.165) is 70.6 Å². The van der Waals surface area contributed by atoms with Crippen LogP contribution in [0.2, 0.25) is 0 Å². The van der Waals surface area contributed by atoms with Crippen LogP contribution in [0.5, 0.6) is 0 Å². The fourth-order valence-corrected chi connectivity index (χ4v) is 5.93. The topological polar surface area (TPSA) is 95.9 Å². The van der Waals surface area contributed by atoms with Gasteiger partial charge in [-0.2, -0.15) is 0 Å². The van der Waals surface area contributed by atoms with Crippen LogP contribution in [0.25, 0.3) is 0 Å². The summed E-state index contributed by atoms with van der Waals surface area (Å²) in [4.78, 5) is 25.8. The highest BCUT2D eigenvalue weighted by Crippen LogP contribution is 2.16. The molecule has 0 heterocycles. The fraction of sp³-hybridized carbons (Fsp3) is 0.696. The van der Waals surface area contributed by atoms with Crippen molar-refractivity contribution in [2.24, 2.45) is 0 Å². The van der Waals surface area contributed by atoms with Crippen molar-refractivity contribution in [1.82, 2.24) is 5.32 Å². The summed E-state index contributed by atoms with van der Waals surface area (Å²) >= 11 is 0. The number of aliphatic hydroxyl groups is 2. The van der Waals surface area contributed by atoms with Crippen molar-refractivity contribution in [3.63, 3.8) is 0 Å². The van der Waals surface area contributed by atoms with Crippen LogP contribution >= 0.6 is 0 Å². The van der Waals surface area contributed by atoms with Crippen molar-refractivity contribution in [2.45, 2.75) is 200 Å². The van der Waals surface area contributed by atoms with E-state index in [1.165, 1.54) is 57.8 Å². The molecular formula is C46H79NO5. The van der Waals surface area contributed by atoms with Gasteiger partial charge >= 0.3 is 5.97 Å². The second-order valence-electron chi connectivity index (χ2n) is 14.1. The van der Waals surface area contributed by atoms with Gasteiger partial charge in [0.1, 0.15) is 6.10 Å². The third kappa shape index (κ3) is 34.4. The molecule has 0 aromatic heterocycles. The second-order valence-corrected chi connectivity index (χ2v) is 14.1. The number of rotatable bonds is 36. The van der Waals surface area contributed by atoms with Crippen molar-refractivity contribution in [3.8, 4) is 0 Å². The molecule has 0 fully saturated rings. The minimum Gasteiger partial charge on any atom is -0.462 e. The summed E-state index contributed by atoms with van der Waals surface area (Å²) in [6.07, 6.45) is 48.3. The lowest BCUT2D eigenvalue weighted by Gasteiger charge is -2.24. The fourth-order valence-electron chi connectivity index (χ4n) is 5.93. The summed E-state index contributed by atoms with van der Waals surface area (Å²) in [6, 6.07) is -0.720. The molecule has 3 atom stereocenters. The van der Waals surface area contributed by atoms with Crippen LogP contribution in [-0.2, 0) is 14.3 Å². The Hall–Kier alpha value is -2.70. The zero-order valence-electron chi connectivity index (χ0n) is 33.7. The number of unbranched alkanes of at least 4 members (excludes halogenated alkanes) is 16. The van der Waals surface area contributed by atoms with Crippen LogP contribution in [-0.4, -0.2) is 46.9 Å². The molecule has 52 heavy (non-hydrogen) atoms. The largest absolute Gasteiger partial charge is 0.462 e. The van der Waals surface area contributed by atoms with Gasteiger partial charge in [0.15, 0.2) is 0 Å². The minimum atomic E-state index is -0.803. The molecular weight excluding hydrogens is 647 g/mol. The second kappa shape index (κ2) is 39.5. The van der Waals surface area contributed by atoms with Crippen molar-refractivity contribution in [1.29, 1.82) is 0 Å². The van der Waals surface area contributed by atoms with Crippen LogP contribution < -0.4 is 5.32 Å². The molecule has 1 amide bonds. The first-order valence-electron chi connectivity index (χ1n) is 21.2. The van der Waals surface area contributed by atoms with Gasteiger partial charge in [0.25, 0.3) is 0 Å². The molecule has 0 saturated carbocycles. The Kier molecular flexibility index (Phi) is 37.5. The monoisotopic (exact) mass is 726 g/mol. The summed E-state index contributed by atoms with van der Waals surface area (Å²) in [7, 11) is 0. The maximum absolute atomic E-state index is 13.0. The standard InChI is InChI=1S/C46H79NO5/c1-4-7-10-13-16-19-21-23-25-27-30-33-36-39-46(51)52-42(37-34-31-28-18-15-12-9-6-3)40-45(50)47-43(41-48)44(49)38-35-32-29-26-24-22-20-17-14-11-8-5-2/h7,10,12-13,15-16,19,21,23,25,27,30,42-44,48-49H,4-6,8-9,11,14,17-18,20,22,24,26,28-29,31-41H2,1-3H3,(H,47,50)/b10-7+,15-12-,16-13+,21-19-,25-23-,30-27+. The summed E-state index contributed by atoms with van der Waals surface area (Å²) in [6.45, 7) is 6.21. The molecule has 0 aliphatic carbocycles. The van der Waals surface area contributed by atoms with Crippen molar-refractivity contribution < 1.29 is 24.5 Å². The lowest BCUT2D eigenvalue weighted by atomic mass is 10.0. The molecule has 0 aromatic carbocycles. The van der Waals surface area contributed by atoms with Gasteiger partial charge in [-0.15, -0.1) is 0 Å². The van der Waals surface area contributed by atoms with Crippen LogP contribution in [0.15, 0.2) is 72.9 Å². The third-order valence-electron chi connectivity index (χ3n) is 9.13. The minimum absolute atomic E-state index is 0.0340. The van der Waals surface area contributed by atoms with Gasteiger partial charge in [0.2, 0.25) is 5.91 Å². The Labute approximate surface area is 320 Å². The molecule has 0 aromatic rings. The predicted octanol–water partition coefficient (Wildman–Crippen LogP) is 11.9. The Balaban J connectivity index is 4.66. The van der Waals surface area contributed by atoms with Gasteiger partial charge in [-0.3, -0.25) is 9.59 Å². The zero-order valence-corrected chi connectivity index (χ0v) is 33.7. The van der Waals surface area contributed by atoms with Gasteiger partial charge in [0, 0.05) is 6.42 Å². The van der Waals surface area contributed by atoms with Crippen LogP contribution in [0.3, 0.4) is 0 Å². The molecule has 0 aliphatic rings. The van der Waals surface area contributed by atoms with E-state index in [1.54, 1.807) is 0 Å². The van der Waals surface area contributed by atoms with Gasteiger partial charge in [-0.1, -0.05) is 184 Å². The number of nitrogens with one attached hydrogen (secondary N) is 1. The van der Waals surface area contributed by atoms with E-state index in [4.69, 9.17) is 4.74 Å². The van der Waals surface area contributed by atoms with Crippen LogP contribution in [0.4, 0.5) is 0 Å². The Morgan fingerprint density at radius 2 is 1.10 bits per heavy atom. The summed E-state index contributed by atoms with van der Waals surface area (Å²) in [5.74, 6) is -0.591. The van der Waals surface area contributed by atoms with E-state index in [2.05, 4.69) is 44.3 Å². The molecule has 3 unspecified atom stereocenters. The molecule has 0 rings (SSSR count). The highest BCUT2D eigenvalue weighted by molar-refractivity contribution is 5.77. The van der Waals surface area contributed by atoms with E-state index in [-0.39, 0.29) is 24.9 Å². The molecule has 6 heteroatoms. The summed E-state index contributed by atoms with van der Waals surface area (Å²) < 4.78 is 5.82. The number of carbonyl (C=O) groups excluding carboxylic acids is 2. The van der Waals surface area contributed by atoms with E-state index in [1.807, 2.05) is 54.7 Å². The zero-order chi connectivity index (χ0) is 38.2. The number of hydrogen-bond donors (Lipinski definition) is 3. The SMILES string of the molecule is CC/C=C/C=C/C=C\C=C/C=C/CCCC(=O)OC(CCCCC/C=C\CCC)CC(=O)NC(CO)C(O)CCCCCCCCCCCCCC. The molecule has 0 bridgehead atoms. The molecule has 0 radical (unpaired) electrons. The lowest BCUT2D eigenvalue weighted by molar-refractivity contribution is -0.151. The van der Waals surface area contributed by atoms with Crippen molar-refractivity contribution >= 4 is 11.9 Å². The Morgan fingerprint density at radius 1 is 0.577 bits per heavy atom. The van der Waals surface area contributed by atoms with Crippen LogP contribution in [0, 0.1) is 0 Å². The maximum Gasteiger partial charge on any atom is 0.306 e. The Morgan fingerprint density at radius 3 is 1.69 bits per heavy atom. The molecule has 0 aliphatic heterocycles. The van der Waals surface area contributed by atoms with Crippen LogP contribution in [0.1, 0.15) is 181 Å². The number of carbonyl (C=O) groups is 2. The van der Waals surface area contributed by atoms with Gasteiger partial charge < -0.3 is 20.3 Å². The highest BCUT2D eigenvalue weighted by atomic mass is 16.5. The van der Waals surface area contributed by atoms with E-state index >= 15 is 0 Å². The first kappa shape index (κ1) is 49.3. The molecule has 6 nitrogen and oxygen atoms in total. The Bertz CT molecular complexity index is 995. The first-order valence-corrected chi connectivity index (χ1v) is 21.2. The van der Waals surface area contributed by atoms with Gasteiger partial charge in [0.05, 0.1) is 25.2 Å². The number of aliphatic hydroxyl groups excluding tert-OH is 2. The summed E-state index contributed by atoms with van der Waals surface area (Å²) in [5, 5.41) is 23.5. The molecule has 0 saturated heterocycles. The normalized spacial score (nSPS) is 14.2. The number of allylic oxidation sites excluding steroid dienone is 12. The number of esters is 1. The average Bonchev–Trinajstić information content (AvgIpc) is 3.13. The highest BCUT2D eigenvalue weighted by Gasteiger charge is 2.24. The quantitative estimate of drug-likeness (QED) is 0.0259. The van der Waals surface area contributed by atoms with Crippen molar-refractivity contribution in [3.05, 3.63) is 72.9 Å². The number of hydrogen-bond acceptors (Lipinski definition) is 5. The van der Waals surface area contributed by atoms with E-state index in [9.17, 15) is 19.8 Å². The maximum atomic E-state index is 13.0. The molecule has 0 spiro atoms. The average molecular weight is 726 g/mol. The van der Waals surface area contributed by atoms with E-state index < -0.39 is 18.2 Å². The van der Waals surface area contributed by atoms with E-state index in [0.29, 0.717) is 25.7 Å². The first-order chi connectivity index (χ1) is 25.5. The third-order valence-corrected chi connectivity index (χ3v) is 9.13.